The summed E-state index contributed by atoms with van der Waals surface area (Å²) in [7, 11) is -3.74. The fraction of sp³-hybridized carbons (Fsp3) is 0.308. The van der Waals surface area contributed by atoms with E-state index in [0.29, 0.717) is 12.1 Å². The van der Waals surface area contributed by atoms with Gasteiger partial charge < -0.3 is 10.6 Å². The number of anilines is 2. The highest BCUT2D eigenvalue weighted by atomic mass is 79.9. The molecule has 1 aliphatic heterocycles. The van der Waals surface area contributed by atoms with Crippen molar-refractivity contribution in [1.82, 2.24) is 14.6 Å². The second kappa shape index (κ2) is 7.26. The van der Waals surface area contributed by atoms with E-state index >= 15 is 0 Å². The average Bonchev–Trinajstić information content (AvgIpc) is 3.20. The van der Waals surface area contributed by atoms with Gasteiger partial charge in [-0.05, 0) is 50.9 Å². The molecule has 10 nitrogen and oxygen atoms in total. The molecule has 1 unspecified atom stereocenters. The Morgan fingerprint density at radius 2 is 2.23 bits per heavy atom. The number of aromatic nitrogens is 2. The predicted octanol–water partition coefficient (Wildman–Crippen LogP) is 1.10. The van der Waals surface area contributed by atoms with Crippen molar-refractivity contribution in [2.24, 2.45) is 5.14 Å². The minimum atomic E-state index is -3.74. The smallest absolute Gasteiger partial charge is 0.276 e. The molecule has 0 radical (unpaired) electrons. The topological polar surface area (TPSA) is 150 Å². The van der Waals surface area contributed by atoms with Crippen LogP contribution in [0.5, 0.6) is 0 Å². The molecule has 0 saturated carbocycles. The zero-order valence-corrected chi connectivity index (χ0v) is 15.6. The second-order valence-corrected chi connectivity index (χ2v) is 8.02. The first-order valence-corrected chi connectivity index (χ1v) is 9.71. The van der Waals surface area contributed by atoms with Gasteiger partial charge in [-0.25, -0.2) is 14.2 Å². The standard InChI is InChI=1S/C13H15BrFN7O3S/c14-9-5-7(1-2-10(9)15)18-12(16)11-13(21-25-20-11)19-8-3-4-22(6-8)26(17,23)24/h1-2,5,8H,3-4,6H2,(H2,16,18)(H,19,21)(H2,17,23,24). The maximum absolute atomic E-state index is 13.3. The van der Waals surface area contributed by atoms with Crippen molar-refractivity contribution in [3.05, 3.63) is 34.2 Å². The zero-order valence-electron chi connectivity index (χ0n) is 13.2. The number of nitrogens with zero attached hydrogens (tertiary/aromatic N) is 3. The highest BCUT2D eigenvalue weighted by molar-refractivity contribution is 9.10. The van der Waals surface area contributed by atoms with E-state index < -0.39 is 16.0 Å². The zero-order chi connectivity index (χ0) is 18.9. The summed E-state index contributed by atoms with van der Waals surface area (Å²) >= 11 is 3.07. The number of amidine groups is 1. The Bertz CT molecular complexity index is 936. The van der Waals surface area contributed by atoms with Crippen LogP contribution in [0.1, 0.15) is 12.1 Å². The van der Waals surface area contributed by atoms with Gasteiger partial charge in [-0.1, -0.05) is 0 Å². The van der Waals surface area contributed by atoms with Crippen LogP contribution in [0.15, 0.2) is 27.3 Å². The van der Waals surface area contributed by atoms with E-state index in [9.17, 15) is 12.8 Å². The van der Waals surface area contributed by atoms with Crippen molar-refractivity contribution >= 4 is 43.5 Å². The molecular formula is C13H15BrFN7O3S. The summed E-state index contributed by atoms with van der Waals surface area (Å²) in [6.07, 6.45) is 0.522. The SMILES string of the molecule is N=C(Nc1ccc(F)c(Br)c1)c1nonc1NC1CCN(S(N)(=O)=O)C1. The van der Waals surface area contributed by atoms with E-state index in [-0.39, 0.29) is 41.0 Å². The Labute approximate surface area is 156 Å². The van der Waals surface area contributed by atoms with Gasteiger partial charge >= 0.3 is 0 Å². The molecule has 1 atom stereocenters. The molecular weight excluding hydrogens is 433 g/mol. The maximum Gasteiger partial charge on any atom is 0.276 e. The van der Waals surface area contributed by atoms with Crippen LogP contribution >= 0.6 is 15.9 Å². The number of benzene rings is 1. The molecule has 140 valence electrons. The molecule has 1 saturated heterocycles. The van der Waals surface area contributed by atoms with Gasteiger partial charge in [0.25, 0.3) is 10.2 Å². The van der Waals surface area contributed by atoms with Crippen LogP contribution in [0.25, 0.3) is 0 Å². The van der Waals surface area contributed by atoms with E-state index in [2.05, 4.69) is 41.5 Å². The van der Waals surface area contributed by atoms with Crippen molar-refractivity contribution in [2.45, 2.75) is 12.5 Å². The summed E-state index contributed by atoms with van der Waals surface area (Å²) in [5.41, 5.74) is 0.581. The summed E-state index contributed by atoms with van der Waals surface area (Å²) in [6.45, 7) is 0.465. The van der Waals surface area contributed by atoms with Gasteiger partial charge in [0.15, 0.2) is 11.5 Å². The van der Waals surface area contributed by atoms with Crippen molar-refractivity contribution in [2.75, 3.05) is 23.7 Å². The Balaban J connectivity index is 1.68. The first-order chi connectivity index (χ1) is 12.2. The highest BCUT2D eigenvalue weighted by Gasteiger charge is 2.30. The molecule has 13 heteroatoms. The van der Waals surface area contributed by atoms with Crippen molar-refractivity contribution in [1.29, 1.82) is 5.41 Å². The molecule has 0 spiro atoms. The summed E-state index contributed by atoms with van der Waals surface area (Å²) in [6, 6.07) is 3.95. The third kappa shape index (κ3) is 4.17. The van der Waals surface area contributed by atoms with E-state index in [1.807, 2.05) is 0 Å². The highest BCUT2D eigenvalue weighted by Crippen LogP contribution is 2.22. The van der Waals surface area contributed by atoms with Crippen LogP contribution in [-0.4, -0.2) is 48.0 Å². The molecule has 3 rings (SSSR count). The number of hydrogen-bond donors (Lipinski definition) is 4. The molecule has 0 amide bonds. The van der Waals surface area contributed by atoms with Gasteiger partial charge in [-0.15, -0.1) is 0 Å². The first kappa shape index (κ1) is 18.7. The van der Waals surface area contributed by atoms with E-state index in [4.69, 9.17) is 10.5 Å². The monoisotopic (exact) mass is 447 g/mol. The van der Waals surface area contributed by atoms with Crippen LogP contribution in [0.2, 0.25) is 0 Å². The van der Waals surface area contributed by atoms with Gasteiger partial charge in [0.2, 0.25) is 5.82 Å². The molecule has 26 heavy (non-hydrogen) atoms. The molecule has 2 heterocycles. The fourth-order valence-electron chi connectivity index (χ4n) is 2.50. The Morgan fingerprint density at radius 3 is 2.88 bits per heavy atom. The maximum atomic E-state index is 13.3. The Kier molecular flexibility index (Phi) is 5.22. The lowest BCUT2D eigenvalue weighted by Crippen LogP contribution is -2.36. The van der Waals surface area contributed by atoms with Crippen LogP contribution in [0.4, 0.5) is 15.9 Å². The number of halogens is 2. The quantitative estimate of drug-likeness (QED) is 0.395. The average molecular weight is 448 g/mol. The van der Waals surface area contributed by atoms with Crippen molar-refractivity contribution < 1.29 is 17.4 Å². The van der Waals surface area contributed by atoms with E-state index in [1.54, 1.807) is 0 Å². The van der Waals surface area contributed by atoms with Gasteiger partial charge in [-0.3, -0.25) is 5.41 Å². The van der Waals surface area contributed by atoms with Crippen LogP contribution in [0, 0.1) is 11.2 Å². The summed E-state index contributed by atoms with van der Waals surface area (Å²) in [5.74, 6) is -0.341. The summed E-state index contributed by atoms with van der Waals surface area (Å²) in [4.78, 5) is 0. The summed E-state index contributed by atoms with van der Waals surface area (Å²) < 4.78 is 42.1. The van der Waals surface area contributed by atoms with Gasteiger partial charge in [0.1, 0.15) is 5.82 Å². The third-order valence-corrected chi connectivity index (χ3v) is 5.43. The molecule has 1 fully saturated rings. The predicted molar refractivity (Wildman–Crippen MR) is 95.6 cm³/mol. The molecule has 2 aromatic rings. The lowest BCUT2D eigenvalue weighted by molar-refractivity contribution is 0.307. The lowest BCUT2D eigenvalue weighted by atomic mass is 10.2. The minimum absolute atomic E-state index is 0.111. The van der Waals surface area contributed by atoms with Gasteiger partial charge in [0, 0.05) is 24.8 Å². The van der Waals surface area contributed by atoms with Crippen molar-refractivity contribution in [3.63, 3.8) is 0 Å². The molecule has 5 N–H and O–H groups in total. The molecule has 1 aromatic carbocycles. The normalized spacial score (nSPS) is 18.0. The number of rotatable bonds is 5. The van der Waals surface area contributed by atoms with Gasteiger partial charge in [-0.2, -0.15) is 12.7 Å². The Morgan fingerprint density at radius 1 is 1.46 bits per heavy atom. The summed E-state index contributed by atoms with van der Waals surface area (Å²) in [5, 5.41) is 26.4. The first-order valence-electron chi connectivity index (χ1n) is 7.42. The van der Waals surface area contributed by atoms with Gasteiger partial charge in [0.05, 0.1) is 4.47 Å². The van der Waals surface area contributed by atoms with Crippen LogP contribution in [-0.2, 0) is 10.2 Å². The molecule has 0 aliphatic carbocycles. The fourth-order valence-corrected chi connectivity index (χ4v) is 3.62. The number of nitrogens with one attached hydrogen (secondary N) is 3. The number of hydrogen-bond acceptors (Lipinski definition) is 7. The second-order valence-electron chi connectivity index (χ2n) is 5.62. The van der Waals surface area contributed by atoms with Crippen LogP contribution < -0.4 is 15.8 Å². The molecule has 1 aromatic heterocycles. The largest absolute Gasteiger partial charge is 0.361 e. The van der Waals surface area contributed by atoms with E-state index in [0.717, 1.165) is 4.31 Å². The lowest BCUT2D eigenvalue weighted by Gasteiger charge is -2.14. The minimum Gasteiger partial charge on any atom is -0.361 e. The van der Waals surface area contributed by atoms with Crippen molar-refractivity contribution in [3.8, 4) is 0 Å². The van der Waals surface area contributed by atoms with Crippen LogP contribution in [0.3, 0.4) is 0 Å². The number of nitrogens with two attached hydrogens (primary N) is 1. The van der Waals surface area contributed by atoms with E-state index in [1.165, 1.54) is 18.2 Å². The third-order valence-electron chi connectivity index (χ3n) is 3.77. The molecule has 1 aliphatic rings. The molecule has 0 bridgehead atoms. The Hall–Kier alpha value is -2.09.